The number of sulfonamides is 1. The fourth-order valence-corrected chi connectivity index (χ4v) is 5.13. The van der Waals surface area contributed by atoms with E-state index in [4.69, 9.17) is 0 Å². The van der Waals surface area contributed by atoms with Crippen molar-refractivity contribution in [2.75, 3.05) is 54.7 Å². The molecule has 2 aromatic rings. The van der Waals surface area contributed by atoms with Crippen LogP contribution in [0.3, 0.4) is 0 Å². The number of nitrogens with zero attached hydrogens (tertiary/aromatic N) is 3. The van der Waals surface area contributed by atoms with Crippen LogP contribution in [0.25, 0.3) is 0 Å². The van der Waals surface area contributed by atoms with Gasteiger partial charge in [-0.2, -0.15) is 0 Å². The van der Waals surface area contributed by atoms with E-state index in [-0.39, 0.29) is 5.82 Å². The van der Waals surface area contributed by atoms with Crippen molar-refractivity contribution in [2.45, 2.75) is 12.5 Å². The summed E-state index contributed by atoms with van der Waals surface area (Å²) in [5, 5.41) is 10.7. The number of halogens is 1. The number of hydrogen-bond donors (Lipinski definition) is 1. The molecule has 2 aliphatic rings. The molecular formula is C21H26FN3O3S. The Labute approximate surface area is 171 Å². The third-order valence-corrected chi connectivity index (χ3v) is 6.92. The molecule has 6 nitrogen and oxygen atoms in total. The number of aliphatic hydroxyl groups excluding tert-OH is 1. The lowest BCUT2D eigenvalue weighted by molar-refractivity contribution is 0.109. The lowest BCUT2D eigenvalue weighted by Crippen LogP contribution is -2.47. The van der Waals surface area contributed by atoms with Crippen molar-refractivity contribution in [1.82, 2.24) is 4.90 Å². The van der Waals surface area contributed by atoms with E-state index >= 15 is 0 Å². The molecule has 1 atom stereocenters. The van der Waals surface area contributed by atoms with Crippen molar-refractivity contribution in [1.29, 1.82) is 0 Å². The van der Waals surface area contributed by atoms with Gasteiger partial charge in [-0.1, -0.05) is 24.3 Å². The van der Waals surface area contributed by atoms with Gasteiger partial charge >= 0.3 is 0 Å². The molecular weight excluding hydrogens is 393 g/mol. The highest BCUT2D eigenvalue weighted by atomic mass is 32.2. The average Bonchev–Trinajstić information content (AvgIpc) is 3.13. The monoisotopic (exact) mass is 419 g/mol. The number of fused-ring (bicyclic) bond motifs is 1. The molecule has 1 saturated heterocycles. The van der Waals surface area contributed by atoms with Crippen LogP contribution in [0.5, 0.6) is 0 Å². The van der Waals surface area contributed by atoms with E-state index in [1.165, 1.54) is 16.6 Å². The summed E-state index contributed by atoms with van der Waals surface area (Å²) >= 11 is 0. The van der Waals surface area contributed by atoms with Crippen molar-refractivity contribution in [3.63, 3.8) is 0 Å². The second-order valence-corrected chi connectivity index (χ2v) is 9.63. The predicted molar refractivity (Wildman–Crippen MR) is 112 cm³/mol. The Kier molecular flexibility index (Phi) is 5.50. The van der Waals surface area contributed by atoms with E-state index < -0.39 is 16.1 Å². The lowest BCUT2D eigenvalue weighted by Gasteiger charge is -2.37. The molecule has 2 aliphatic heterocycles. The number of hydrogen-bond acceptors (Lipinski definition) is 5. The van der Waals surface area contributed by atoms with Gasteiger partial charge in [-0.25, -0.2) is 12.8 Å². The van der Waals surface area contributed by atoms with E-state index in [1.807, 2.05) is 23.1 Å². The van der Waals surface area contributed by atoms with Gasteiger partial charge in [-0.3, -0.25) is 9.21 Å². The minimum absolute atomic E-state index is 0.206. The molecule has 0 radical (unpaired) electrons. The maximum Gasteiger partial charge on any atom is 0.232 e. The van der Waals surface area contributed by atoms with Crippen molar-refractivity contribution in [3.05, 3.63) is 59.4 Å². The number of aliphatic hydroxyl groups is 1. The van der Waals surface area contributed by atoms with Crippen LogP contribution in [0, 0.1) is 5.82 Å². The van der Waals surface area contributed by atoms with Gasteiger partial charge < -0.3 is 10.0 Å². The van der Waals surface area contributed by atoms with Gasteiger partial charge in [0.15, 0.2) is 0 Å². The van der Waals surface area contributed by atoms with Gasteiger partial charge in [0.25, 0.3) is 0 Å². The largest absolute Gasteiger partial charge is 0.387 e. The summed E-state index contributed by atoms with van der Waals surface area (Å²) < 4.78 is 39.1. The van der Waals surface area contributed by atoms with Gasteiger partial charge in [0.2, 0.25) is 10.0 Å². The minimum atomic E-state index is -3.27. The number of rotatable bonds is 5. The van der Waals surface area contributed by atoms with Crippen molar-refractivity contribution >= 4 is 21.4 Å². The summed E-state index contributed by atoms with van der Waals surface area (Å²) in [6, 6.07) is 12.3. The molecule has 1 fully saturated rings. The maximum atomic E-state index is 14.0. The fourth-order valence-electron chi connectivity index (χ4n) is 4.17. The first kappa shape index (κ1) is 20.1. The molecule has 156 valence electrons. The van der Waals surface area contributed by atoms with Crippen molar-refractivity contribution in [2.24, 2.45) is 0 Å². The number of benzene rings is 2. The molecule has 0 bridgehead atoms. The van der Waals surface area contributed by atoms with Crippen LogP contribution in [0.15, 0.2) is 42.5 Å². The van der Waals surface area contributed by atoms with E-state index in [1.54, 1.807) is 18.2 Å². The number of anilines is 2. The summed E-state index contributed by atoms with van der Waals surface area (Å²) in [6.07, 6.45) is 1.23. The van der Waals surface area contributed by atoms with Crippen LogP contribution in [0.2, 0.25) is 0 Å². The average molecular weight is 420 g/mol. The smallest absolute Gasteiger partial charge is 0.232 e. The highest BCUT2D eigenvalue weighted by Crippen LogP contribution is 2.32. The first-order valence-corrected chi connectivity index (χ1v) is 11.7. The SMILES string of the molecule is CS(=O)(=O)N1CCc2cc(C(O)CN3CCN(c4ccccc4F)CC3)ccc21. The van der Waals surface area contributed by atoms with Crippen LogP contribution in [0.4, 0.5) is 15.8 Å². The number of β-amino-alcohol motifs (C(OH)–C–C–N with tert-alkyl or cyclic N) is 1. The molecule has 29 heavy (non-hydrogen) atoms. The molecule has 8 heteroatoms. The Morgan fingerprint density at radius 3 is 2.45 bits per heavy atom. The molecule has 0 saturated carbocycles. The van der Waals surface area contributed by atoms with Crippen LogP contribution >= 0.6 is 0 Å². The number of para-hydroxylation sites is 1. The quantitative estimate of drug-likeness (QED) is 0.803. The van der Waals surface area contributed by atoms with Gasteiger partial charge in [-0.05, 0) is 35.7 Å². The first-order chi connectivity index (χ1) is 13.8. The molecule has 2 aromatic carbocycles. The second kappa shape index (κ2) is 7.93. The summed E-state index contributed by atoms with van der Waals surface area (Å²) in [4.78, 5) is 4.21. The molecule has 0 aromatic heterocycles. The van der Waals surface area contributed by atoms with Crippen LogP contribution in [0.1, 0.15) is 17.2 Å². The third-order valence-electron chi connectivity index (χ3n) is 5.74. The highest BCUT2D eigenvalue weighted by Gasteiger charge is 2.27. The summed E-state index contributed by atoms with van der Waals surface area (Å²) in [5.74, 6) is -0.206. The molecule has 1 unspecified atom stereocenters. The first-order valence-electron chi connectivity index (χ1n) is 9.83. The van der Waals surface area contributed by atoms with Crippen LogP contribution in [-0.4, -0.2) is 63.9 Å². The van der Waals surface area contributed by atoms with Gasteiger partial charge in [-0.15, -0.1) is 0 Å². The topological polar surface area (TPSA) is 64.1 Å². The molecule has 2 heterocycles. The summed E-state index contributed by atoms with van der Waals surface area (Å²) in [6.45, 7) is 3.87. The zero-order chi connectivity index (χ0) is 20.6. The number of piperazine rings is 1. The van der Waals surface area contributed by atoms with Crippen molar-refractivity contribution in [3.8, 4) is 0 Å². The Bertz CT molecular complexity index is 990. The van der Waals surface area contributed by atoms with E-state index in [0.717, 1.165) is 24.2 Å². The van der Waals surface area contributed by atoms with Gasteiger partial charge in [0.1, 0.15) is 5.82 Å². The summed E-state index contributed by atoms with van der Waals surface area (Å²) in [5.41, 5.74) is 3.09. The predicted octanol–water partition coefficient (Wildman–Crippen LogP) is 2.00. The normalized spacial score (nSPS) is 18.7. The lowest BCUT2D eigenvalue weighted by atomic mass is 10.0. The zero-order valence-electron chi connectivity index (χ0n) is 16.5. The Hall–Kier alpha value is -2.16. The second-order valence-electron chi connectivity index (χ2n) is 7.73. The Morgan fingerprint density at radius 2 is 1.76 bits per heavy atom. The highest BCUT2D eigenvalue weighted by molar-refractivity contribution is 7.92. The Balaban J connectivity index is 1.37. The molecule has 0 amide bonds. The molecule has 0 aliphatic carbocycles. The maximum absolute atomic E-state index is 14.0. The van der Waals surface area contributed by atoms with Crippen LogP contribution in [-0.2, 0) is 16.4 Å². The fraction of sp³-hybridized carbons (Fsp3) is 0.429. The van der Waals surface area contributed by atoms with Gasteiger partial charge in [0.05, 0.1) is 23.7 Å². The summed E-state index contributed by atoms with van der Waals surface area (Å²) in [7, 11) is -3.27. The zero-order valence-corrected chi connectivity index (χ0v) is 17.3. The van der Waals surface area contributed by atoms with Crippen LogP contribution < -0.4 is 9.21 Å². The molecule has 1 N–H and O–H groups in total. The minimum Gasteiger partial charge on any atom is -0.387 e. The Morgan fingerprint density at radius 1 is 1.03 bits per heavy atom. The van der Waals surface area contributed by atoms with E-state index in [9.17, 15) is 17.9 Å². The van der Waals surface area contributed by atoms with Gasteiger partial charge in [0, 0.05) is 39.3 Å². The third kappa shape index (κ3) is 4.24. The van der Waals surface area contributed by atoms with E-state index in [0.29, 0.717) is 44.0 Å². The van der Waals surface area contributed by atoms with E-state index in [2.05, 4.69) is 4.90 Å². The molecule has 0 spiro atoms. The standard InChI is InChI=1S/C21H26FN3O3S/c1-29(27,28)25-9-8-16-14-17(6-7-19(16)25)21(26)15-23-10-12-24(13-11-23)20-5-3-2-4-18(20)22/h2-7,14,21,26H,8-13,15H2,1H3. The molecule has 4 rings (SSSR count). The van der Waals surface area contributed by atoms with Crippen molar-refractivity contribution < 1.29 is 17.9 Å².